The molecule has 0 fully saturated rings. The summed E-state index contributed by atoms with van der Waals surface area (Å²) in [5.41, 5.74) is 5.14. The Kier molecular flexibility index (Phi) is 5.62. The Hall–Kier alpha value is -1.30. The van der Waals surface area contributed by atoms with E-state index in [-0.39, 0.29) is 0 Å². The van der Waals surface area contributed by atoms with E-state index < -0.39 is 18.0 Å². The van der Waals surface area contributed by atoms with Gasteiger partial charge in [0.15, 0.2) is 0 Å². The van der Waals surface area contributed by atoms with Crippen molar-refractivity contribution in [1.29, 1.82) is 0 Å². The molecule has 0 aromatic carbocycles. The van der Waals surface area contributed by atoms with Crippen molar-refractivity contribution in [2.24, 2.45) is 5.73 Å². The number of nitrogens with one attached hydrogen (secondary N) is 2. The highest BCUT2D eigenvalue weighted by Gasteiger charge is 2.16. The second kappa shape index (κ2) is 6.24. The zero-order chi connectivity index (χ0) is 10.3. The number of carbonyl (C=O) groups is 2. The molecule has 0 rings (SSSR count). The molecule has 0 aliphatic carbocycles. The van der Waals surface area contributed by atoms with Crippen molar-refractivity contribution in [2.45, 2.75) is 19.4 Å². The largest absolute Gasteiger partial charge is 0.480 e. The van der Waals surface area contributed by atoms with Crippen molar-refractivity contribution in [2.75, 3.05) is 13.1 Å². The van der Waals surface area contributed by atoms with Crippen LogP contribution in [0.25, 0.3) is 0 Å². The highest BCUT2D eigenvalue weighted by atomic mass is 16.4. The lowest BCUT2D eigenvalue weighted by atomic mass is 10.2. The van der Waals surface area contributed by atoms with E-state index in [1.54, 1.807) is 6.92 Å². The lowest BCUT2D eigenvalue weighted by molar-refractivity contribution is -0.139. The lowest BCUT2D eigenvalue weighted by Crippen LogP contribution is -2.46. The van der Waals surface area contributed by atoms with Gasteiger partial charge in [-0.1, -0.05) is 6.92 Å². The van der Waals surface area contributed by atoms with E-state index in [1.807, 2.05) is 0 Å². The average Bonchev–Trinajstić information content (AvgIpc) is 2.10. The van der Waals surface area contributed by atoms with Crippen LogP contribution in [0.1, 0.15) is 13.3 Å². The van der Waals surface area contributed by atoms with Gasteiger partial charge in [0.05, 0.1) is 0 Å². The Bertz CT molecular complexity index is 184. The summed E-state index contributed by atoms with van der Waals surface area (Å²) in [5.74, 6) is -1.04. The predicted octanol–water partition coefficient (Wildman–Crippen LogP) is -0.892. The summed E-state index contributed by atoms with van der Waals surface area (Å²) in [6.07, 6.45) is 0.353. The van der Waals surface area contributed by atoms with Gasteiger partial charge in [-0.3, -0.25) is 0 Å². The first-order chi connectivity index (χ1) is 6.11. The van der Waals surface area contributed by atoms with Crippen LogP contribution in [0.15, 0.2) is 0 Å². The smallest absolute Gasteiger partial charge is 0.326 e. The minimum absolute atomic E-state index is 0.331. The fraction of sp³-hybridized carbons (Fsp3) is 0.714. The van der Waals surface area contributed by atoms with E-state index in [0.717, 1.165) is 0 Å². The monoisotopic (exact) mass is 189 g/mol. The van der Waals surface area contributed by atoms with Crippen LogP contribution < -0.4 is 16.4 Å². The molecule has 1 unspecified atom stereocenters. The van der Waals surface area contributed by atoms with Gasteiger partial charge in [-0.25, -0.2) is 9.59 Å². The number of amides is 2. The maximum Gasteiger partial charge on any atom is 0.326 e. The molecule has 0 spiro atoms. The number of aliphatic carboxylic acids is 1. The molecule has 6 nitrogen and oxygen atoms in total. The van der Waals surface area contributed by atoms with Crippen LogP contribution in [0.5, 0.6) is 0 Å². The van der Waals surface area contributed by atoms with Crippen LogP contribution in [-0.4, -0.2) is 36.2 Å². The highest BCUT2D eigenvalue weighted by molar-refractivity contribution is 5.82. The number of rotatable bonds is 5. The van der Waals surface area contributed by atoms with Crippen molar-refractivity contribution >= 4 is 12.0 Å². The first-order valence-electron chi connectivity index (χ1n) is 4.09. The molecular formula is C7H15N3O3. The van der Waals surface area contributed by atoms with Crippen LogP contribution in [0.4, 0.5) is 4.79 Å². The van der Waals surface area contributed by atoms with Gasteiger partial charge in [0.1, 0.15) is 6.04 Å². The van der Waals surface area contributed by atoms with Crippen LogP contribution in [0, 0.1) is 0 Å². The molecule has 0 aromatic heterocycles. The predicted molar refractivity (Wildman–Crippen MR) is 47.3 cm³/mol. The third-order valence-electron chi connectivity index (χ3n) is 1.44. The average molecular weight is 189 g/mol. The molecule has 13 heavy (non-hydrogen) atoms. The van der Waals surface area contributed by atoms with Crippen LogP contribution in [0.3, 0.4) is 0 Å². The first kappa shape index (κ1) is 11.7. The van der Waals surface area contributed by atoms with Crippen LogP contribution in [-0.2, 0) is 4.79 Å². The van der Waals surface area contributed by atoms with Crippen molar-refractivity contribution in [3.05, 3.63) is 0 Å². The van der Waals surface area contributed by atoms with Crippen LogP contribution >= 0.6 is 0 Å². The molecular weight excluding hydrogens is 174 g/mol. The molecule has 0 aromatic rings. The summed E-state index contributed by atoms with van der Waals surface area (Å²) in [6.45, 7) is 2.35. The molecule has 0 heterocycles. The lowest BCUT2D eigenvalue weighted by Gasteiger charge is -2.12. The normalized spacial score (nSPS) is 11.8. The molecule has 0 aliphatic rings. The Balaban J connectivity index is 3.80. The summed E-state index contributed by atoms with van der Waals surface area (Å²) in [4.78, 5) is 21.4. The molecule has 0 saturated carbocycles. The molecule has 0 bridgehead atoms. The Morgan fingerprint density at radius 3 is 2.54 bits per heavy atom. The minimum atomic E-state index is -1.04. The number of hydrogen-bond donors (Lipinski definition) is 4. The van der Waals surface area contributed by atoms with E-state index in [4.69, 9.17) is 10.8 Å². The fourth-order valence-electron chi connectivity index (χ4n) is 0.733. The molecule has 0 radical (unpaired) electrons. The maximum atomic E-state index is 10.9. The molecule has 76 valence electrons. The zero-order valence-electron chi connectivity index (χ0n) is 7.54. The Morgan fingerprint density at radius 2 is 2.15 bits per heavy atom. The summed E-state index contributed by atoms with van der Waals surface area (Å²) in [6, 6.07) is -1.34. The quantitative estimate of drug-likeness (QED) is 0.450. The number of carbonyl (C=O) groups excluding carboxylic acids is 1. The molecule has 2 amide bonds. The minimum Gasteiger partial charge on any atom is -0.480 e. The van der Waals surface area contributed by atoms with Crippen molar-refractivity contribution < 1.29 is 14.7 Å². The maximum absolute atomic E-state index is 10.9. The number of hydrogen-bond acceptors (Lipinski definition) is 3. The van der Waals surface area contributed by atoms with Crippen LogP contribution in [0.2, 0.25) is 0 Å². The molecule has 0 saturated heterocycles. The molecule has 5 N–H and O–H groups in total. The second-order valence-corrected chi connectivity index (χ2v) is 2.49. The fourth-order valence-corrected chi connectivity index (χ4v) is 0.733. The Labute approximate surface area is 76.5 Å². The standard InChI is InChI=1S/C7H15N3O3/c1-2-5(6(11)12)10-7(13)9-4-3-8/h5H,2-4,8H2,1H3,(H,11,12)(H2,9,10,13). The van der Waals surface area contributed by atoms with E-state index >= 15 is 0 Å². The second-order valence-electron chi connectivity index (χ2n) is 2.49. The molecule has 6 heteroatoms. The summed E-state index contributed by atoms with van der Waals surface area (Å²) >= 11 is 0. The SMILES string of the molecule is CCC(NC(=O)NCCN)C(=O)O. The van der Waals surface area contributed by atoms with Gasteiger partial charge in [-0.15, -0.1) is 0 Å². The number of carboxylic acids is 1. The highest BCUT2D eigenvalue weighted by Crippen LogP contribution is 1.89. The summed E-state index contributed by atoms with van der Waals surface area (Å²) in [5, 5.41) is 13.3. The van der Waals surface area contributed by atoms with Gasteiger partial charge < -0.3 is 21.5 Å². The zero-order valence-corrected chi connectivity index (χ0v) is 7.54. The van der Waals surface area contributed by atoms with E-state index in [9.17, 15) is 9.59 Å². The third kappa shape index (κ3) is 5.02. The van der Waals surface area contributed by atoms with Gasteiger partial charge in [0.2, 0.25) is 0 Å². The van der Waals surface area contributed by atoms with E-state index in [1.165, 1.54) is 0 Å². The summed E-state index contributed by atoms with van der Waals surface area (Å²) < 4.78 is 0. The van der Waals surface area contributed by atoms with Crippen molar-refractivity contribution in [1.82, 2.24) is 10.6 Å². The van der Waals surface area contributed by atoms with Crippen molar-refractivity contribution in [3.63, 3.8) is 0 Å². The van der Waals surface area contributed by atoms with Crippen molar-refractivity contribution in [3.8, 4) is 0 Å². The number of urea groups is 1. The number of nitrogens with two attached hydrogens (primary N) is 1. The topological polar surface area (TPSA) is 104 Å². The van der Waals surface area contributed by atoms with E-state index in [0.29, 0.717) is 19.5 Å². The van der Waals surface area contributed by atoms with E-state index in [2.05, 4.69) is 10.6 Å². The van der Waals surface area contributed by atoms with Gasteiger partial charge in [-0.2, -0.15) is 0 Å². The third-order valence-corrected chi connectivity index (χ3v) is 1.44. The van der Waals surface area contributed by atoms with Gasteiger partial charge in [-0.05, 0) is 6.42 Å². The van der Waals surface area contributed by atoms with Gasteiger partial charge >= 0.3 is 12.0 Å². The summed E-state index contributed by atoms with van der Waals surface area (Å²) in [7, 11) is 0. The number of carboxylic acid groups (broad SMARTS) is 1. The molecule has 1 atom stereocenters. The molecule has 0 aliphatic heterocycles. The first-order valence-corrected chi connectivity index (χ1v) is 4.09. The van der Waals surface area contributed by atoms with Gasteiger partial charge in [0.25, 0.3) is 0 Å². The Morgan fingerprint density at radius 1 is 1.54 bits per heavy atom. The van der Waals surface area contributed by atoms with Gasteiger partial charge in [0, 0.05) is 13.1 Å².